The van der Waals surface area contributed by atoms with Crippen LogP contribution in [0.25, 0.3) is 55.5 Å². The maximum Gasteiger partial charge on any atom is 0.162 e. The number of ketones is 1. The summed E-state index contributed by atoms with van der Waals surface area (Å²) in [5, 5.41) is 13.2. The van der Waals surface area contributed by atoms with E-state index in [1.54, 1.807) is 0 Å². The molecule has 0 spiro atoms. The number of para-hydroxylation sites is 1. The number of aliphatic hydroxyl groups excluding tert-OH is 1. The zero-order valence-electron chi connectivity index (χ0n) is 30.4. The number of fused-ring (bicyclic) bond motifs is 8. The summed E-state index contributed by atoms with van der Waals surface area (Å²) in [5.74, 6) is 1.97. The molecule has 1 aliphatic carbocycles. The number of allylic oxidation sites excluding steroid dienone is 2. The van der Waals surface area contributed by atoms with E-state index >= 15 is 0 Å². The molecule has 3 aromatic heterocycles. The number of rotatable bonds is 9. The Hall–Kier alpha value is -3.99. The summed E-state index contributed by atoms with van der Waals surface area (Å²) < 4.78 is 12.5. The number of aromatic nitrogens is 1. The van der Waals surface area contributed by atoms with Crippen molar-refractivity contribution in [3.63, 3.8) is 0 Å². The van der Waals surface area contributed by atoms with Crippen LogP contribution in [0.15, 0.2) is 87.5 Å². The van der Waals surface area contributed by atoms with Crippen molar-refractivity contribution in [1.82, 2.24) is 4.98 Å². The fourth-order valence-corrected chi connectivity index (χ4v) is 7.49. The van der Waals surface area contributed by atoms with Gasteiger partial charge in [0.1, 0.15) is 16.9 Å². The average molecular weight is 847 g/mol. The fraction of sp³-hybridized carbons (Fsp3) is 0.364. The summed E-state index contributed by atoms with van der Waals surface area (Å²) in [6, 6.07) is 24.6. The number of hydrogen-bond acceptors (Lipinski definition) is 5. The van der Waals surface area contributed by atoms with Gasteiger partial charge in [0.15, 0.2) is 11.4 Å². The molecule has 1 N–H and O–H groups in total. The van der Waals surface area contributed by atoms with E-state index in [4.69, 9.17) is 13.8 Å². The van der Waals surface area contributed by atoms with Crippen LogP contribution in [0.5, 0.6) is 0 Å². The van der Waals surface area contributed by atoms with Crippen LogP contribution in [-0.2, 0) is 30.3 Å². The first-order valence-corrected chi connectivity index (χ1v) is 17.9. The van der Waals surface area contributed by atoms with Gasteiger partial charge in [0.05, 0.1) is 12.0 Å². The summed E-state index contributed by atoms with van der Waals surface area (Å²) >= 11 is 0. The summed E-state index contributed by atoms with van der Waals surface area (Å²) in [4.78, 5) is 16.5. The van der Waals surface area contributed by atoms with E-state index in [9.17, 15) is 9.90 Å². The molecule has 1 aliphatic rings. The molecule has 0 fully saturated rings. The Balaban J connectivity index is 0.000000261. The van der Waals surface area contributed by atoms with E-state index in [1.165, 1.54) is 28.2 Å². The van der Waals surface area contributed by atoms with Crippen molar-refractivity contribution in [1.29, 1.82) is 0 Å². The first kappa shape index (κ1) is 37.3. The van der Waals surface area contributed by atoms with Crippen LogP contribution >= 0.6 is 0 Å². The van der Waals surface area contributed by atoms with Gasteiger partial charge in [-0.25, -0.2) is 0 Å². The van der Waals surface area contributed by atoms with Crippen LogP contribution in [0, 0.1) is 17.9 Å². The number of aliphatic hydroxyl groups is 1. The summed E-state index contributed by atoms with van der Waals surface area (Å²) in [7, 11) is 0. The summed E-state index contributed by atoms with van der Waals surface area (Å²) in [6.07, 6.45) is 6.76. The van der Waals surface area contributed by atoms with Gasteiger partial charge >= 0.3 is 0 Å². The van der Waals surface area contributed by atoms with Crippen LogP contribution in [0.1, 0.15) is 104 Å². The molecule has 0 saturated carbocycles. The molecule has 5 nitrogen and oxygen atoms in total. The molecule has 7 rings (SSSR count). The van der Waals surface area contributed by atoms with Crippen molar-refractivity contribution in [3.05, 3.63) is 101 Å². The zero-order chi connectivity index (χ0) is 35.0. The van der Waals surface area contributed by atoms with Crippen LogP contribution in [0.2, 0.25) is 0 Å². The molecule has 6 aromatic rings. The van der Waals surface area contributed by atoms with Gasteiger partial charge in [-0.05, 0) is 66.5 Å². The smallest absolute Gasteiger partial charge is 0.162 e. The molecule has 0 amide bonds. The molecule has 1 radical (unpaired) electrons. The first-order valence-electron chi connectivity index (χ1n) is 17.9. The second-order valence-corrected chi connectivity index (χ2v) is 14.1. The van der Waals surface area contributed by atoms with Gasteiger partial charge in [-0.2, -0.15) is 0 Å². The number of hydrogen-bond donors (Lipinski definition) is 1. The predicted octanol–water partition coefficient (Wildman–Crippen LogP) is 12.5. The zero-order valence-corrected chi connectivity index (χ0v) is 32.8. The molecule has 0 saturated heterocycles. The van der Waals surface area contributed by atoms with Gasteiger partial charge in [-0.15, -0.1) is 29.3 Å². The van der Waals surface area contributed by atoms with Gasteiger partial charge in [0, 0.05) is 59.7 Å². The molecule has 0 bridgehead atoms. The first-order chi connectivity index (χ1) is 23.5. The molecule has 0 unspecified atom stereocenters. The Morgan fingerprint density at radius 3 is 2.18 bits per heavy atom. The number of pyridine rings is 1. The van der Waals surface area contributed by atoms with Crippen molar-refractivity contribution in [2.75, 3.05) is 0 Å². The predicted molar refractivity (Wildman–Crippen MR) is 201 cm³/mol. The van der Waals surface area contributed by atoms with Gasteiger partial charge in [-0.1, -0.05) is 91.3 Å². The minimum atomic E-state index is -0.232. The van der Waals surface area contributed by atoms with E-state index in [0.29, 0.717) is 5.92 Å². The van der Waals surface area contributed by atoms with Crippen molar-refractivity contribution in [3.8, 4) is 22.6 Å². The minimum Gasteiger partial charge on any atom is -0.512 e. The molecular formula is C44H48IrNO4-. The number of furan rings is 2. The monoisotopic (exact) mass is 847 g/mol. The molecule has 263 valence electrons. The van der Waals surface area contributed by atoms with Crippen molar-refractivity contribution in [2.45, 2.75) is 92.4 Å². The number of benzene rings is 3. The Bertz CT molecular complexity index is 2180. The molecule has 3 aromatic carbocycles. The van der Waals surface area contributed by atoms with Crippen LogP contribution in [0.4, 0.5) is 0 Å². The maximum absolute atomic E-state index is 11.7. The van der Waals surface area contributed by atoms with Gasteiger partial charge in [-0.3, -0.25) is 4.79 Å². The number of carbonyl (C=O) groups excluding carboxylic acids is 1. The second kappa shape index (κ2) is 15.1. The third-order valence-electron chi connectivity index (χ3n) is 10.5. The van der Waals surface area contributed by atoms with E-state index < -0.39 is 0 Å². The summed E-state index contributed by atoms with van der Waals surface area (Å²) in [5.41, 5.74) is 9.24. The molecule has 3 heterocycles. The Kier molecular flexibility index (Phi) is 11.2. The van der Waals surface area contributed by atoms with E-state index in [2.05, 4.69) is 76.2 Å². The van der Waals surface area contributed by atoms with Gasteiger partial charge in [0.25, 0.3) is 0 Å². The quantitative estimate of drug-likeness (QED) is 0.0891. The standard InChI is InChI=1S/C31H24NO2.C13H24O2.Ir/c1-17(2)18-12-13-26-22(14-18)23-15-24(32-16-27(23)33-26)19-9-7-10-21-28(19)31(3,4)29-20-8-5-6-11-25(20)34-30(21)29;1-5-10(6-2)12(14)9-13(15)11(7-3)8-4;/h5-8,10-17H,1-4H3;9-11,14H,5-8H2,1-4H3;/q-1;;/b;12-9-;. The second-order valence-electron chi connectivity index (χ2n) is 14.1. The van der Waals surface area contributed by atoms with Crippen molar-refractivity contribution < 1.29 is 38.8 Å². The molecule has 0 atom stereocenters. The van der Waals surface area contributed by atoms with Crippen LogP contribution < -0.4 is 0 Å². The van der Waals surface area contributed by atoms with Crippen LogP contribution in [0.3, 0.4) is 0 Å². The third-order valence-corrected chi connectivity index (χ3v) is 10.5. The SMILES string of the molecule is CC(C)c1ccc2oc3cnc(-c4[c-]ccc5c4C(C)(C)c4c-5oc5ccccc45)cc3c2c1.CCC(CC)C(=O)/C=C(\O)C(CC)CC.[Ir]. The van der Waals surface area contributed by atoms with Gasteiger partial charge in [0.2, 0.25) is 0 Å². The maximum atomic E-state index is 11.7. The molecule has 0 aliphatic heterocycles. The Morgan fingerprint density at radius 1 is 0.840 bits per heavy atom. The third kappa shape index (κ3) is 6.61. The van der Waals surface area contributed by atoms with Crippen molar-refractivity contribution >= 4 is 38.7 Å². The molecule has 50 heavy (non-hydrogen) atoms. The average Bonchev–Trinajstić information content (AvgIpc) is 3.74. The molecule has 6 heteroatoms. The normalized spacial score (nSPS) is 13.5. The van der Waals surface area contributed by atoms with E-state index in [0.717, 1.165) is 75.8 Å². The largest absolute Gasteiger partial charge is 0.512 e. The Labute approximate surface area is 309 Å². The number of nitrogens with zero attached hydrogens (tertiary/aromatic N) is 1. The van der Waals surface area contributed by atoms with Gasteiger partial charge < -0.3 is 18.9 Å². The topological polar surface area (TPSA) is 76.5 Å². The Morgan fingerprint density at radius 2 is 1.50 bits per heavy atom. The van der Waals surface area contributed by atoms with E-state index in [1.807, 2.05) is 52.1 Å². The van der Waals surface area contributed by atoms with Crippen molar-refractivity contribution in [2.24, 2.45) is 11.8 Å². The number of carbonyl (C=O) groups is 1. The van der Waals surface area contributed by atoms with Crippen LogP contribution in [-0.4, -0.2) is 15.9 Å². The van der Waals surface area contributed by atoms with E-state index in [-0.39, 0.29) is 48.9 Å². The minimum absolute atomic E-state index is 0. The summed E-state index contributed by atoms with van der Waals surface area (Å²) in [6.45, 7) is 17.1. The fourth-order valence-electron chi connectivity index (χ4n) is 7.49. The molecular weight excluding hydrogens is 799 g/mol.